The third kappa shape index (κ3) is 4.24. The minimum Gasteiger partial charge on any atom is -0.481 e. The summed E-state index contributed by atoms with van der Waals surface area (Å²) in [5, 5.41) is 3.25. The van der Waals surface area contributed by atoms with Crippen LogP contribution < -0.4 is 10.1 Å². The second-order valence-corrected chi connectivity index (χ2v) is 6.47. The fourth-order valence-corrected chi connectivity index (χ4v) is 2.72. The van der Waals surface area contributed by atoms with E-state index in [9.17, 15) is 4.79 Å². The van der Waals surface area contributed by atoms with Gasteiger partial charge in [0, 0.05) is 4.47 Å². The van der Waals surface area contributed by atoms with Gasteiger partial charge in [0.1, 0.15) is 5.75 Å². The van der Waals surface area contributed by atoms with Gasteiger partial charge in [-0.05, 0) is 50.6 Å². The number of amides is 1. The topological polar surface area (TPSA) is 38.3 Å². The molecule has 0 aliphatic carbocycles. The van der Waals surface area contributed by atoms with Gasteiger partial charge in [-0.2, -0.15) is 0 Å². The average molecular weight is 383 g/mol. The van der Waals surface area contributed by atoms with Crippen molar-refractivity contribution in [2.24, 2.45) is 0 Å². The maximum Gasteiger partial charge on any atom is 0.265 e. The Morgan fingerprint density at radius 3 is 2.59 bits per heavy atom. The molecule has 3 nitrogen and oxygen atoms in total. The summed E-state index contributed by atoms with van der Waals surface area (Å²) >= 11 is 9.42. The highest BCUT2D eigenvalue weighted by Crippen LogP contribution is 2.26. The van der Waals surface area contributed by atoms with Gasteiger partial charge in [0.2, 0.25) is 0 Å². The molecule has 0 aliphatic heterocycles. The number of carbonyl (C=O) groups excluding carboxylic acids is 1. The molecule has 2 aromatic carbocycles. The van der Waals surface area contributed by atoms with E-state index in [0.29, 0.717) is 16.5 Å². The Bertz CT molecular complexity index is 703. The molecule has 2 aromatic rings. The van der Waals surface area contributed by atoms with Crippen molar-refractivity contribution in [3.8, 4) is 5.75 Å². The third-order valence-corrected chi connectivity index (χ3v) is 4.00. The molecule has 2 rings (SSSR count). The first kappa shape index (κ1) is 16.8. The van der Waals surface area contributed by atoms with Crippen LogP contribution in [0.3, 0.4) is 0 Å². The third-order valence-electron chi connectivity index (χ3n) is 3.19. The van der Waals surface area contributed by atoms with E-state index in [0.717, 1.165) is 15.6 Å². The number of halogens is 2. The number of aryl methyl sites for hydroxylation is 2. The van der Waals surface area contributed by atoms with Crippen molar-refractivity contribution in [3.05, 3.63) is 57.0 Å². The van der Waals surface area contributed by atoms with E-state index in [-0.39, 0.29) is 5.91 Å². The van der Waals surface area contributed by atoms with Crippen molar-refractivity contribution in [2.45, 2.75) is 26.9 Å². The normalized spacial score (nSPS) is 11.9. The van der Waals surface area contributed by atoms with Crippen LogP contribution in [0.25, 0.3) is 0 Å². The zero-order valence-corrected chi connectivity index (χ0v) is 15.0. The molecule has 0 spiro atoms. The van der Waals surface area contributed by atoms with Crippen LogP contribution in [-0.2, 0) is 4.79 Å². The molecule has 0 bridgehead atoms. The van der Waals surface area contributed by atoms with Crippen LogP contribution in [0.15, 0.2) is 40.9 Å². The van der Waals surface area contributed by atoms with Gasteiger partial charge >= 0.3 is 0 Å². The lowest BCUT2D eigenvalue weighted by Gasteiger charge is -2.17. The number of ether oxygens (including phenoxy) is 1. The number of hydrogen-bond acceptors (Lipinski definition) is 2. The molecule has 1 atom stereocenters. The van der Waals surface area contributed by atoms with Crippen molar-refractivity contribution >= 4 is 39.1 Å². The Labute approximate surface area is 143 Å². The maximum absolute atomic E-state index is 12.2. The minimum atomic E-state index is -0.624. The van der Waals surface area contributed by atoms with E-state index in [4.69, 9.17) is 16.3 Å². The van der Waals surface area contributed by atoms with Crippen molar-refractivity contribution in [2.75, 3.05) is 5.32 Å². The van der Waals surface area contributed by atoms with E-state index >= 15 is 0 Å². The van der Waals surface area contributed by atoms with Crippen LogP contribution in [-0.4, -0.2) is 12.0 Å². The Hall–Kier alpha value is -1.52. The van der Waals surface area contributed by atoms with E-state index < -0.39 is 6.10 Å². The Balaban J connectivity index is 2.05. The summed E-state index contributed by atoms with van der Waals surface area (Å²) in [6.07, 6.45) is -0.624. The SMILES string of the molecule is Cc1ccc(OC(C)C(=O)Nc2ccc(Br)cc2Cl)c(C)c1. The van der Waals surface area contributed by atoms with Gasteiger partial charge in [-0.1, -0.05) is 45.2 Å². The van der Waals surface area contributed by atoms with Crippen LogP contribution in [0, 0.1) is 13.8 Å². The summed E-state index contributed by atoms with van der Waals surface area (Å²) in [6, 6.07) is 11.1. The molecule has 0 fully saturated rings. The molecule has 5 heteroatoms. The highest BCUT2D eigenvalue weighted by atomic mass is 79.9. The number of carbonyl (C=O) groups is 1. The first-order valence-electron chi connectivity index (χ1n) is 6.86. The Morgan fingerprint density at radius 2 is 1.95 bits per heavy atom. The Morgan fingerprint density at radius 1 is 1.23 bits per heavy atom. The van der Waals surface area contributed by atoms with Crippen LogP contribution in [0.1, 0.15) is 18.1 Å². The number of benzene rings is 2. The summed E-state index contributed by atoms with van der Waals surface area (Å²) in [7, 11) is 0. The largest absolute Gasteiger partial charge is 0.481 e. The first-order valence-corrected chi connectivity index (χ1v) is 8.03. The lowest BCUT2D eigenvalue weighted by Crippen LogP contribution is -2.30. The van der Waals surface area contributed by atoms with Gasteiger partial charge in [-0.15, -0.1) is 0 Å². The van der Waals surface area contributed by atoms with Gasteiger partial charge in [0.05, 0.1) is 10.7 Å². The molecule has 116 valence electrons. The van der Waals surface area contributed by atoms with Crippen LogP contribution >= 0.6 is 27.5 Å². The number of anilines is 1. The van der Waals surface area contributed by atoms with E-state index in [1.54, 1.807) is 19.1 Å². The van der Waals surface area contributed by atoms with Crippen molar-refractivity contribution in [1.82, 2.24) is 0 Å². The fraction of sp³-hybridized carbons (Fsp3) is 0.235. The van der Waals surface area contributed by atoms with E-state index in [1.165, 1.54) is 0 Å². The zero-order valence-electron chi connectivity index (χ0n) is 12.6. The molecular weight excluding hydrogens is 366 g/mol. The molecule has 0 saturated heterocycles. The van der Waals surface area contributed by atoms with Crippen LogP contribution in [0.4, 0.5) is 5.69 Å². The molecule has 22 heavy (non-hydrogen) atoms. The maximum atomic E-state index is 12.2. The zero-order chi connectivity index (χ0) is 16.3. The van der Waals surface area contributed by atoms with Gasteiger partial charge < -0.3 is 10.1 Å². The standard InChI is InChI=1S/C17H17BrClNO2/c1-10-4-7-16(11(2)8-10)22-12(3)17(21)20-15-6-5-13(18)9-14(15)19/h4-9,12H,1-3H3,(H,20,21). The van der Waals surface area contributed by atoms with Crippen molar-refractivity contribution < 1.29 is 9.53 Å². The summed E-state index contributed by atoms with van der Waals surface area (Å²) in [6.45, 7) is 5.68. The molecule has 1 unspecified atom stereocenters. The summed E-state index contributed by atoms with van der Waals surface area (Å²) in [5.74, 6) is 0.458. The minimum absolute atomic E-state index is 0.246. The second-order valence-electron chi connectivity index (χ2n) is 5.14. The van der Waals surface area contributed by atoms with E-state index in [1.807, 2.05) is 38.1 Å². The first-order chi connectivity index (χ1) is 10.4. The lowest BCUT2D eigenvalue weighted by atomic mass is 10.1. The predicted molar refractivity (Wildman–Crippen MR) is 93.8 cm³/mol. The lowest BCUT2D eigenvalue weighted by molar-refractivity contribution is -0.122. The summed E-state index contributed by atoms with van der Waals surface area (Å²) in [4.78, 5) is 12.2. The van der Waals surface area contributed by atoms with Gasteiger partial charge in [0.15, 0.2) is 6.10 Å². The molecular formula is C17H17BrClNO2. The molecule has 0 aromatic heterocycles. The number of hydrogen-bond donors (Lipinski definition) is 1. The van der Waals surface area contributed by atoms with Crippen molar-refractivity contribution in [3.63, 3.8) is 0 Å². The highest BCUT2D eigenvalue weighted by Gasteiger charge is 2.17. The van der Waals surface area contributed by atoms with Crippen molar-refractivity contribution in [1.29, 1.82) is 0 Å². The molecule has 0 heterocycles. The molecule has 0 radical (unpaired) electrons. The van der Waals surface area contributed by atoms with Gasteiger partial charge in [-0.3, -0.25) is 4.79 Å². The van der Waals surface area contributed by atoms with Crippen LogP contribution in [0.2, 0.25) is 5.02 Å². The number of rotatable bonds is 4. The average Bonchev–Trinajstić information content (AvgIpc) is 2.44. The molecule has 0 aliphatic rings. The highest BCUT2D eigenvalue weighted by molar-refractivity contribution is 9.10. The summed E-state index contributed by atoms with van der Waals surface area (Å²) < 4.78 is 6.59. The number of nitrogens with one attached hydrogen (secondary N) is 1. The van der Waals surface area contributed by atoms with Crippen LogP contribution in [0.5, 0.6) is 5.75 Å². The quantitative estimate of drug-likeness (QED) is 0.796. The molecule has 1 amide bonds. The second kappa shape index (κ2) is 7.16. The fourth-order valence-electron chi connectivity index (χ4n) is 2.00. The van der Waals surface area contributed by atoms with E-state index in [2.05, 4.69) is 21.2 Å². The molecule has 1 N–H and O–H groups in total. The molecule has 0 saturated carbocycles. The van der Waals surface area contributed by atoms with Gasteiger partial charge in [-0.25, -0.2) is 0 Å². The smallest absolute Gasteiger partial charge is 0.265 e. The predicted octanol–water partition coefficient (Wildman–Crippen LogP) is 5.13. The Kier molecular flexibility index (Phi) is 5.48. The monoisotopic (exact) mass is 381 g/mol. The van der Waals surface area contributed by atoms with Gasteiger partial charge in [0.25, 0.3) is 5.91 Å². The summed E-state index contributed by atoms with van der Waals surface area (Å²) in [5.41, 5.74) is 2.72.